The SMILES string of the molecule is Cc1cc(OCC(=O)C2CCCCC2)ccc1Br. The van der Waals surface area contributed by atoms with Crippen LogP contribution in [0.5, 0.6) is 5.75 Å². The standard InChI is InChI=1S/C15H19BrO2/c1-11-9-13(7-8-14(11)16)18-10-15(17)12-5-3-2-4-6-12/h7-9,12H,2-6,10H2,1H3. The Bertz CT molecular complexity index is 423. The molecule has 1 aromatic rings. The molecule has 0 heterocycles. The van der Waals surface area contributed by atoms with Gasteiger partial charge in [-0.05, 0) is 43.5 Å². The Labute approximate surface area is 117 Å². The summed E-state index contributed by atoms with van der Waals surface area (Å²) in [6, 6.07) is 5.80. The lowest BCUT2D eigenvalue weighted by atomic mass is 9.86. The molecule has 1 aliphatic carbocycles. The Kier molecular flexibility index (Phi) is 4.81. The second-order valence-electron chi connectivity index (χ2n) is 5.00. The molecule has 2 rings (SSSR count). The number of aryl methyl sites for hydroxylation is 1. The van der Waals surface area contributed by atoms with Crippen LogP contribution in [0.1, 0.15) is 37.7 Å². The number of ketones is 1. The molecule has 0 spiro atoms. The summed E-state index contributed by atoms with van der Waals surface area (Å²) in [7, 11) is 0. The molecule has 0 atom stereocenters. The van der Waals surface area contributed by atoms with Crippen LogP contribution >= 0.6 is 15.9 Å². The average Bonchev–Trinajstić information content (AvgIpc) is 2.41. The van der Waals surface area contributed by atoms with Crippen molar-refractivity contribution < 1.29 is 9.53 Å². The van der Waals surface area contributed by atoms with Crippen molar-refractivity contribution in [2.75, 3.05) is 6.61 Å². The molecule has 2 nitrogen and oxygen atoms in total. The van der Waals surface area contributed by atoms with Gasteiger partial charge in [-0.3, -0.25) is 4.79 Å². The lowest BCUT2D eigenvalue weighted by molar-refractivity contribution is -0.125. The molecule has 1 aliphatic rings. The Morgan fingerprint density at radius 1 is 1.33 bits per heavy atom. The number of hydrogen-bond donors (Lipinski definition) is 0. The molecule has 0 radical (unpaired) electrons. The second kappa shape index (κ2) is 6.37. The third-order valence-electron chi connectivity index (χ3n) is 3.57. The van der Waals surface area contributed by atoms with Crippen LogP contribution in [0.15, 0.2) is 22.7 Å². The lowest BCUT2D eigenvalue weighted by Crippen LogP contribution is -2.23. The van der Waals surface area contributed by atoms with Crippen LogP contribution in [-0.2, 0) is 4.79 Å². The zero-order valence-electron chi connectivity index (χ0n) is 10.7. The van der Waals surface area contributed by atoms with Crippen LogP contribution in [0.4, 0.5) is 0 Å². The highest BCUT2D eigenvalue weighted by atomic mass is 79.9. The van der Waals surface area contributed by atoms with Crippen LogP contribution in [-0.4, -0.2) is 12.4 Å². The van der Waals surface area contributed by atoms with Crippen LogP contribution in [0.25, 0.3) is 0 Å². The van der Waals surface area contributed by atoms with E-state index < -0.39 is 0 Å². The summed E-state index contributed by atoms with van der Waals surface area (Å²) < 4.78 is 6.65. The van der Waals surface area contributed by atoms with E-state index in [0.29, 0.717) is 0 Å². The maximum absolute atomic E-state index is 12.0. The van der Waals surface area contributed by atoms with Crippen molar-refractivity contribution >= 4 is 21.7 Å². The van der Waals surface area contributed by atoms with Crippen LogP contribution in [0, 0.1) is 12.8 Å². The zero-order chi connectivity index (χ0) is 13.0. The van der Waals surface area contributed by atoms with Gasteiger partial charge in [0.15, 0.2) is 5.78 Å². The molecule has 18 heavy (non-hydrogen) atoms. The highest BCUT2D eigenvalue weighted by Gasteiger charge is 2.21. The fourth-order valence-electron chi connectivity index (χ4n) is 2.40. The minimum atomic E-state index is 0.214. The number of carbonyl (C=O) groups excluding carboxylic acids is 1. The smallest absolute Gasteiger partial charge is 0.173 e. The molecule has 0 bridgehead atoms. The van der Waals surface area contributed by atoms with E-state index in [1.807, 2.05) is 25.1 Å². The second-order valence-corrected chi connectivity index (χ2v) is 5.86. The summed E-state index contributed by atoms with van der Waals surface area (Å²) >= 11 is 3.45. The third-order valence-corrected chi connectivity index (χ3v) is 4.46. The van der Waals surface area contributed by atoms with Gasteiger partial charge in [-0.2, -0.15) is 0 Å². The third kappa shape index (κ3) is 3.58. The van der Waals surface area contributed by atoms with E-state index in [2.05, 4.69) is 15.9 Å². The topological polar surface area (TPSA) is 26.3 Å². The summed E-state index contributed by atoms with van der Waals surface area (Å²) in [5, 5.41) is 0. The molecule has 1 aromatic carbocycles. The summed E-state index contributed by atoms with van der Waals surface area (Å²) in [5.41, 5.74) is 1.12. The summed E-state index contributed by atoms with van der Waals surface area (Å²) in [6.45, 7) is 2.23. The number of carbonyl (C=O) groups is 1. The van der Waals surface area contributed by atoms with E-state index in [0.717, 1.165) is 28.6 Å². The van der Waals surface area contributed by atoms with Crippen molar-refractivity contribution in [1.82, 2.24) is 0 Å². The van der Waals surface area contributed by atoms with Gasteiger partial charge in [0, 0.05) is 10.4 Å². The molecular formula is C15H19BrO2. The van der Waals surface area contributed by atoms with E-state index in [-0.39, 0.29) is 18.3 Å². The number of benzene rings is 1. The van der Waals surface area contributed by atoms with Gasteiger partial charge < -0.3 is 4.74 Å². The predicted molar refractivity (Wildman–Crippen MR) is 76.0 cm³/mol. The van der Waals surface area contributed by atoms with Crippen molar-refractivity contribution in [3.8, 4) is 5.75 Å². The predicted octanol–water partition coefficient (Wildman–Crippen LogP) is 4.29. The van der Waals surface area contributed by atoms with E-state index in [1.54, 1.807) is 0 Å². The molecule has 0 amide bonds. The summed E-state index contributed by atoms with van der Waals surface area (Å²) in [6.07, 6.45) is 5.74. The van der Waals surface area contributed by atoms with Crippen molar-refractivity contribution in [3.05, 3.63) is 28.2 Å². The van der Waals surface area contributed by atoms with Gasteiger partial charge in [-0.1, -0.05) is 35.2 Å². The Hall–Kier alpha value is -0.830. The Morgan fingerprint density at radius 2 is 2.06 bits per heavy atom. The van der Waals surface area contributed by atoms with Crippen LogP contribution in [0.3, 0.4) is 0 Å². The highest BCUT2D eigenvalue weighted by molar-refractivity contribution is 9.10. The van der Waals surface area contributed by atoms with E-state index in [4.69, 9.17) is 4.74 Å². The average molecular weight is 311 g/mol. The molecule has 0 N–H and O–H groups in total. The van der Waals surface area contributed by atoms with Crippen LogP contribution < -0.4 is 4.74 Å². The van der Waals surface area contributed by atoms with Crippen molar-refractivity contribution in [3.63, 3.8) is 0 Å². The number of hydrogen-bond acceptors (Lipinski definition) is 2. The van der Waals surface area contributed by atoms with Gasteiger partial charge in [-0.25, -0.2) is 0 Å². The molecule has 0 aliphatic heterocycles. The first-order valence-electron chi connectivity index (χ1n) is 6.58. The number of rotatable bonds is 4. The van der Waals surface area contributed by atoms with E-state index >= 15 is 0 Å². The van der Waals surface area contributed by atoms with E-state index in [1.165, 1.54) is 19.3 Å². The van der Waals surface area contributed by atoms with Gasteiger partial charge in [0.05, 0.1) is 0 Å². The molecule has 98 valence electrons. The van der Waals surface area contributed by atoms with Gasteiger partial charge >= 0.3 is 0 Å². The van der Waals surface area contributed by atoms with Crippen molar-refractivity contribution in [1.29, 1.82) is 0 Å². The number of Topliss-reactive ketones (excluding diaryl/α,β-unsaturated/α-hetero) is 1. The molecule has 0 saturated heterocycles. The molecule has 0 aromatic heterocycles. The van der Waals surface area contributed by atoms with Crippen molar-refractivity contribution in [2.24, 2.45) is 5.92 Å². The monoisotopic (exact) mass is 310 g/mol. The maximum Gasteiger partial charge on any atom is 0.173 e. The first-order valence-corrected chi connectivity index (χ1v) is 7.38. The van der Waals surface area contributed by atoms with Gasteiger partial charge in [0.1, 0.15) is 12.4 Å². The van der Waals surface area contributed by atoms with Gasteiger partial charge in [-0.15, -0.1) is 0 Å². The number of halogens is 1. The normalized spacial score (nSPS) is 16.6. The van der Waals surface area contributed by atoms with E-state index in [9.17, 15) is 4.79 Å². The minimum absolute atomic E-state index is 0.214. The quantitative estimate of drug-likeness (QED) is 0.829. The first kappa shape index (κ1) is 13.6. The summed E-state index contributed by atoms with van der Waals surface area (Å²) in [4.78, 5) is 12.0. The maximum atomic E-state index is 12.0. The van der Waals surface area contributed by atoms with Crippen molar-refractivity contribution in [2.45, 2.75) is 39.0 Å². The minimum Gasteiger partial charge on any atom is -0.486 e. The number of ether oxygens (including phenoxy) is 1. The highest BCUT2D eigenvalue weighted by Crippen LogP contribution is 2.25. The molecule has 3 heteroatoms. The lowest BCUT2D eigenvalue weighted by Gasteiger charge is -2.20. The largest absolute Gasteiger partial charge is 0.486 e. The molecule has 1 fully saturated rings. The Morgan fingerprint density at radius 3 is 2.72 bits per heavy atom. The van der Waals surface area contributed by atoms with Gasteiger partial charge in [0.2, 0.25) is 0 Å². The zero-order valence-corrected chi connectivity index (χ0v) is 12.3. The van der Waals surface area contributed by atoms with Crippen LogP contribution in [0.2, 0.25) is 0 Å². The Balaban J connectivity index is 1.86. The molecule has 1 saturated carbocycles. The van der Waals surface area contributed by atoms with Gasteiger partial charge in [0.25, 0.3) is 0 Å². The summed E-state index contributed by atoms with van der Waals surface area (Å²) in [5.74, 6) is 1.27. The molecule has 0 unspecified atom stereocenters. The molecular weight excluding hydrogens is 292 g/mol. The fourth-order valence-corrected chi connectivity index (χ4v) is 2.65. The first-order chi connectivity index (χ1) is 8.66. The fraction of sp³-hybridized carbons (Fsp3) is 0.533.